The second-order valence-electron chi connectivity index (χ2n) is 4.22. The van der Waals surface area contributed by atoms with Crippen molar-refractivity contribution in [3.8, 4) is 0 Å². The zero-order valence-electron chi connectivity index (χ0n) is 7.29. The SMILES string of the molecule is CN1CC[C@H]2CC[C@H](N)[C@H]2C1. The highest BCUT2D eigenvalue weighted by molar-refractivity contribution is 4.91. The molecule has 0 aromatic carbocycles. The van der Waals surface area contributed by atoms with Gasteiger partial charge in [0.1, 0.15) is 0 Å². The molecule has 0 aromatic heterocycles. The van der Waals surface area contributed by atoms with Crippen molar-refractivity contribution >= 4 is 0 Å². The lowest BCUT2D eigenvalue weighted by Gasteiger charge is -2.34. The fourth-order valence-corrected chi connectivity index (χ4v) is 2.66. The zero-order chi connectivity index (χ0) is 7.84. The number of fused-ring (bicyclic) bond motifs is 1. The lowest BCUT2D eigenvalue weighted by atomic mass is 9.87. The summed E-state index contributed by atoms with van der Waals surface area (Å²) in [6.07, 6.45) is 4.04. The van der Waals surface area contributed by atoms with Crippen LogP contribution >= 0.6 is 0 Å². The Morgan fingerprint density at radius 3 is 2.91 bits per heavy atom. The molecule has 1 aliphatic carbocycles. The molecule has 1 saturated carbocycles. The minimum atomic E-state index is 0.503. The van der Waals surface area contributed by atoms with Gasteiger partial charge < -0.3 is 10.6 Å². The van der Waals surface area contributed by atoms with Crippen LogP contribution in [0.2, 0.25) is 0 Å². The lowest BCUT2D eigenvalue weighted by molar-refractivity contribution is 0.157. The van der Waals surface area contributed by atoms with Crippen molar-refractivity contribution < 1.29 is 0 Å². The molecule has 0 spiro atoms. The first-order valence-corrected chi connectivity index (χ1v) is 4.71. The molecule has 2 heteroatoms. The van der Waals surface area contributed by atoms with Gasteiger partial charge in [0, 0.05) is 12.6 Å². The maximum atomic E-state index is 6.02. The fraction of sp³-hybridized carbons (Fsp3) is 1.00. The minimum Gasteiger partial charge on any atom is -0.327 e. The maximum Gasteiger partial charge on any atom is 0.00821 e. The van der Waals surface area contributed by atoms with E-state index in [0.29, 0.717) is 6.04 Å². The monoisotopic (exact) mass is 154 g/mol. The molecule has 1 heterocycles. The van der Waals surface area contributed by atoms with Gasteiger partial charge in [0.05, 0.1) is 0 Å². The first-order valence-electron chi connectivity index (χ1n) is 4.71. The number of nitrogens with zero attached hydrogens (tertiary/aromatic N) is 1. The van der Waals surface area contributed by atoms with Crippen molar-refractivity contribution in [1.82, 2.24) is 4.90 Å². The quantitative estimate of drug-likeness (QED) is 0.556. The van der Waals surface area contributed by atoms with Gasteiger partial charge in [-0.25, -0.2) is 0 Å². The smallest absolute Gasteiger partial charge is 0.00821 e. The Morgan fingerprint density at radius 2 is 2.09 bits per heavy atom. The van der Waals surface area contributed by atoms with Gasteiger partial charge in [-0.1, -0.05) is 0 Å². The minimum absolute atomic E-state index is 0.503. The Morgan fingerprint density at radius 1 is 1.27 bits per heavy atom. The Kier molecular flexibility index (Phi) is 1.90. The highest BCUT2D eigenvalue weighted by Crippen LogP contribution is 2.36. The van der Waals surface area contributed by atoms with Crippen LogP contribution in [0, 0.1) is 11.8 Å². The molecule has 64 valence electrons. The summed E-state index contributed by atoms with van der Waals surface area (Å²) in [5, 5.41) is 0. The molecule has 0 amide bonds. The van der Waals surface area contributed by atoms with E-state index in [9.17, 15) is 0 Å². The Balaban J connectivity index is 2.01. The molecule has 0 bridgehead atoms. The number of rotatable bonds is 0. The lowest BCUT2D eigenvalue weighted by Crippen LogP contribution is -2.42. The molecule has 0 radical (unpaired) electrons. The maximum absolute atomic E-state index is 6.02. The largest absolute Gasteiger partial charge is 0.327 e. The van der Waals surface area contributed by atoms with Crippen LogP contribution in [0.5, 0.6) is 0 Å². The molecule has 2 fully saturated rings. The van der Waals surface area contributed by atoms with Crippen molar-refractivity contribution in [1.29, 1.82) is 0 Å². The third-order valence-electron chi connectivity index (χ3n) is 3.43. The molecule has 1 saturated heterocycles. The van der Waals surface area contributed by atoms with Crippen LogP contribution in [0.25, 0.3) is 0 Å². The Bertz CT molecular complexity index is 146. The van der Waals surface area contributed by atoms with E-state index >= 15 is 0 Å². The van der Waals surface area contributed by atoms with Gasteiger partial charge in [0.15, 0.2) is 0 Å². The average molecular weight is 154 g/mol. The molecule has 2 nitrogen and oxygen atoms in total. The van der Waals surface area contributed by atoms with E-state index in [4.69, 9.17) is 5.73 Å². The number of likely N-dealkylation sites (tertiary alicyclic amines) is 1. The van der Waals surface area contributed by atoms with Crippen molar-refractivity contribution in [2.75, 3.05) is 20.1 Å². The second-order valence-corrected chi connectivity index (χ2v) is 4.22. The normalized spacial score (nSPS) is 45.8. The number of hydrogen-bond acceptors (Lipinski definition) is 2. The predicted molar refractivity (Wildman–Crippen MR) is 46.3 cm³/mol. The number of hydrogen-bond donors (Lipinski definition) is 1. The van der Waals surface area contributed by atoms with Crippen molar-refractivity contribution in [2.24, 2.45) is 17.6 Å². The Hall–Kier alpha value is -0.0800. The van der Waals surface area contributed by atoms with Crippen molar-refractivity contribution in [3.63, 3.8) is 0 Å². The molecule has 0 unspecified atom stereocenters. The van der Waals surface area contributed by atoms with Crippen LogP contribution in [0.3, 0.4) is 0 Å². The second kappa shape index (κ2) is 2.76. The fourth-order valence-electron chi connectivity index (χ4n) is 2.66. The highest BCUT2D eigenvalue weighted by atomic mass is 15.1. The van der Waals surface area contributed by atoms with Gasteiger partial charge in [-0.3, -0.25) is 0 Å². The molecule has 11 heavy (non-hydrogen) atoms. The van der Waals surface area contributed by atoms with Crippen molar-refractivity contribution in [2.45, 2.75) is 25.3 Å². The van der Waals surface area contributed by atoms with Gasteiger partial charge in [-0.15, -0.1) is 0 Å². The Labute approximate surface area is 68.7 Å². The summed E-state index contributed by atoms with van der Waals surface area (Å²) in [6.45, 7) is 2.53. The summed E-state index contributed by atoms with van der Waals surface area (Å²) in [6, 6.07) is 0.503. The summed E-state index contributed by atoms with van der Waals surface area (Å²) in [5.41, 5.74) is 6.02. The van der Waals surface area contributed by atoms with E-state index in [2.05, 4.69) is 11.9 Å². The first-order chi connectivity index (χ1) is 5.27. The van der Waals surface area contributed by atoms with Crippen LogP contribution in [0.1, 0.15) is 19.3 Å². The molecular formula is C9H18N2. The van der Waals surface area contributed by atoms with Gasteiger partial charge in [0.25, 0.3) is 0 Å². The van der Waals surface area contributed by atoms with E-state index < -0.39 is 0 Å². The number of piperidine rings is 1. The summed E-state index contributed by atoms with van der Waals surface area (Å²) in [4.78, 5) is 2.42. The van der Waals surface area contributed by atoms with Crippen LogP contribution in [0.4, 0.5) is 0 Å². The van der Waals surface area contributed by atoms with E-state index in [0.717, 1.165) is 11.8 Å². The van der Waals surface area contributed by atoms with E-state index in [1.54, 1.807) is 0 Å². The zero-order valence-corrected chi connectivity index (χ0v) is 7.29. The average Bonchev–Trinajstić information content (AvgIpc) is 2.33. The topological polar surface area (TPSA) is 29.3 Å². The summed E-state index contributed by atoms with van der Waals surface area (Å²) in [7, 11) is 2.21. The molecule has 2 aliphatic rings. The van der Waals surface area contributed by atoms with Gasteiger partial charge in [-0.2, -0.15) is 0 Å². The summed E-state index contributed by atoms with van der Waals surface area (Å²) < 4.78 is 0. The standard InChI is InChI=1S/C9H18N2/c1-11-5-4-7-2-3-9(10)8(7)6-11/h7-9H,2-6,10H2,1H3/t7-,8+,9+/m1/s1. The highest BCUT2D eigenvalue weighted by Gasteiger charge is 2.36. The van der Waals surface area contributed by atoms with Gasteiger partial charge >= 0.3 is 0 Å². The summed E-state index contributed by atoms with van der Waals surface area (Å²) >= 11 is 0. The van der Waals surface area contributed by atoms with Gasteiger partial charge in [0.2, 0.25) is 0 Å². The van der Waals surface area contributed by atoms with Gasteiger partial charge in [-0.05, 0) is 44.7 Å². The molecule has 0 aromatic rings. The van der Waals surface area contributed by atoms with E-state index in [1.807, 2.05) is 0 Å². The molecule has 3 atom stereocenters. The molecular weight excluding hydrogens is 136 g/mol. The van der Waals surface area contributed by atoms with Crippen LogP contribution in [0.15, 0.2) is 0 Å². The number of nitrogens with two attached hydrogens (primary N) is 1. The molecule has 1 aliphatic heterocycles. The third-order valence-corrected chi connectivity index (χ3v) is 3.43. The van der Waals surface area contributed by atoms with Crippen LogP contribution < -0.4 is 5.73 Å². The van der Waals surface area contributed by atoms with Crippen LogP contribution in [-0.2, 0) is 0 Å². The van der Waals surface area contributed by atoms with E-state index in [1.165, 1.54) is 32.4 Å². The molecule has 2 rings (SSSR count). The summed E-state index contributed by atoms with van der Waals surface area (Å²) in [5.74, 6) is 1.77. The third kappa shape index (κ3) is 1.30. The first kappa shape index (κ1) is 7.56. The predicted octanol–water partition coefficient (Wildman–Crippen LogP) is 0.675. The molecule has 2 N–H and O–H groups in total. The van der Waals surface area contributed by atoms with E-state index in [-0.39, 0.29) is 0 Å². The van der Waals surface area contributed by atoms with Crippen LogP contribution in [-0.4, -0.2) is 31.1 Å². The van der Waals surface area contributed by atoms with Crippen molar-refractivity contribution in [3.05, 3.63) is 0 Å².